The highest BCUT2D eigenvalue weighted by Crippen LogP contribution is 2.37. The van der Waals surface area contributed by atoms with Crippen LogP contribution < -0.4 is 4.31 Å². The molecular formula is C17H17NO4S. The summed E-state index contributed by atoms with van der Waals surface area (Å²) >= 11 is 0. The number of hydrogen-bond acceptors (Lipinski definition) is 3. The zero-order valence-corrected chi connectivity index (χ0v) is 13.7. The van der Waals surface area contributed by atoms with Gasteiger partial charge in [-0.2, -0.15) is 0 Å². The first-order valence-corrected chi connectivity index (χ1v) is 8.72. The lowest BCUT2D eigenvalue weighted by atomic mass is 10.1. The van der Waals surface area contributed by atoms with Crippen molar-refractivity contribution in [2.45, 2.75) is 31.2 Å². The van der Waals surface area contributed by atoms with Crippen LogP contribution in [0.15, 0.2) is 47.4 Å². The summed E-state index contributed by atoms with van der Waals surface area (Å²) in [5.74, 6) is -1.01. The number of anilines is 1. The van der Waals surface area contributed by atoms with E-state index in [1.54, 1.807) is 36.4 Å². The molecule has 0 unspecified atom stereocenters. The van der Waals surface area contributed by atoms with Crippen LogP contribution in [0.3, 0.4) is 0 Å². The monoisotopic (exact) mass is 331 g/mol. The van der Waals surface area contributed by atoms with Crippen LogP contribution in [-0.2, 0) is 16.4 Å². The van der Waals surface area contributed by atoms with Gasteiger partial charge in [0.1, 0.15) is 0 Å². The standard InChI is InChI=1S/C17H17NO4S/c1-11-3-6-15(7-4-11)23(21,22)18-12(2)9-14-10-13(17(19)20)5-8-16(14)18/h3-8,10,12H,9H2,1-2H3,(H,19,20)/t12-/m1/s1. The van der Waals surface area contributed by atoms with Gasteiger partial charge in [0.15, 0.2) is 0 Å². The molecule has 120 valence electrons. The highest BCUT2D eigenvalue weighted by molar-refractivity contribution is 7.92. The molecule has 0 bridgehead atoms. The minimum absolute atomic E-state index is 0.172. The van der Waals surface area contributed by atoms with Crippen LogP contribution in [0.5, 0.6) is 0 Å². The van der Waals surface area contributed by atoms with Gasteiger partial charge in [-0.15, -0.1) is 0 Å². The van der Waals surface area contributed by atoms with Gasteiger partial charge in [-0.05, 0) is 56.2 Å². The van der Waals surface area contributed by atoms with E-state index in [9.17, 15) is 13.2 Å². The first kappa shape index (κ1) is 15.6. The lowest BCUT2D eigenvalue weighted by molar-refractivity contribution is 0.0697. The van der Waals surface area contributed by atoms with Crippen molar-refractivity contribution >= 4 is 21.7 Å². The largest absolute Gasteiger partial charge is 0.478 e. The van der Waals surface area contributed by atoms with E-state index < -0.39 is 16.0 Å². The summed E-state index contributed by atoms with van der Waals surface area (Å²) in [5.41, 5.74) is 2.46. The summed E-state index contributed by atoms with van der Waals surface area (Å²) in [6.07, 6.45) is 0.502. The fraction of sp³-hybridized carbons (Fsp3) is 0.235. The number of rotatable bonds is 3. The number of carboxylic acid groups (broad SMARTS) is 1. The third-order valence-electron chi connectivity index (χ3n) is 4.06. The second-order valence-electron chi connectivity index (χ2n) is 5.82. The molecule has 0 aromatic heterocycles. The van der Waals surface area contributed by atoms with Gasteiger partial charge in [0, 0.05) is 6.04 Å². The molecule has 0 saturated heterocycles. The van der Waals surface area contributed by atoms with Gasteiger partial charge in [0.05, 0.1) is 16.1 Å². The second-order valence-corrected chi connectivity index (χ2v) is 7.63. The molecule has 0 radical (unpaired) electrons. The molecule has 2 aromatic carbocycles. The Morgan fingerprint density at radius 3 is 2.43 bits per heavy atom. The maximum absolute atomic E-state index is 12.9. The van der Waals surface area contributed by atoms with Crippen LogP contribution in [0.2, 0.25) is 0 Å². The topological polar surface area (TPSA) is 74.7 Å². The summed E-state index contributed by atoms with van der Waals surface area (Å²) in [7, 11) is -3.67. The van der Waals surface area contributed by atoms with E-state index in [0.29, 0.717) is 12.1 Å². The van der Waals surface area contributed by atoms with Gasteiger partial charge in [0.2, 0.25) is 0 Å². The van der Waals surface area contributed by atoms with E-state index in [-0.39, 0.29) is 16.5 Å². The number of nitrogens with zero attached hydrogens (tertiary/aromatic N) is 1. The van der Waals surface area contributed by atoms with Gasteiger partial charge in [-0.25, -0.2) is 13.2 Å². The number of aromatic carboxylic acids is 1. The van der Waals surface area contributed by atoms with Crippen molar-refractivity contribution in [2.24, 2.45) is 0 Å². The maximum atomic E-state index is 12.9. The average molecular weight is 331 g/mol. The van der Waals surface area contributed by atoms with Crippen LogP contribution in [-0.4, -0.2) is 25.5 Å². The zero-order valence-electron chi connectivity index (χ0n) is 12.9. The molecule has 1 aliphatic heterocycles. The van der Waals surface area contributed by atoms with E-state index in [2.05, 4.69) is 0 Å². The molecule has 1 atom stereocenters. The smallest absolute Gasteiger partial charge is 0.335 e. The zero-order chi connectivity index (χ0) is 16.8. The molecule has 0 spiro atoms. The number of sulfonamides is 1. The Hall–Kier alpha value is -2.34. The molecule has 6 heteroatoms. The Kier molecular flexibility index (Phi) is 3.64. The number of fused-ring (bicyclic) bond motifs is 1. The molecule has 0 saturated carbocycles. The quantitative estimate of drug-likeness (QED) is 0.938. The Bertz CT molecular complexity index is 872. The Balaban J connectivity index is 2.08. The highest BCUT2D eigenvalue weighted by Gasteiger charge is 2.36. The second kappa shape index (κ2) is 5.38. The first-order valence-electron chi connectivity index (χ1n) is 7.28. The van der Waals surface area contributed by atoms with Gasteiger partial charge in [-0.3, -0.25) is 4.31 Å². The van der Waals surface area contributed by atoms with E-state index in [1.165, 1.54) is 10.4 Å². The normalized spacial score (nSPS) is 17.1. The number of carbonyl (C=O) groups is 1. The Labute approximate surface area is 135 Å². The molecule has 23 heavy (non-hydrogen) atoms. The number of hydrogen-bond donors (Lipinski definition) is 1. The van der Waals surface area contributed by atoms with Gasteiger partial charge in [0.25, 0.3) is 10.0 Å². The lowest BCUT2D eigenvalue weighted by Gasteiger charge is -2.24. The predicted octanol–water partition coefficient (Wildman–Crippen LogP) is 2.83. The van der Waals surface area contributed by atoms with Crippen LogP contribution >= 0.6 is 0 Å². The molecule has 0 amide bonds. The van der Waals surface area contributed by atoms with Crippen LogP contribution in [0, 0.1) is 6.92 Å². The maximum Gasteiger partial charge on any atom is 0.335 e. The number of carboxylic acids is 1. The molecular weight excluding hydrogens is 314 g/mol. The third kappa shape index (κ3) is 2.59. The van der Waals surface area contributed by atoms with Crippen molar-refractivity contribution in [3.05, 3.63) is 59.2 Å². The van der Waals surface area contributed by atoms with Crippen molar-refractivity contribution in [1.82, 2.24) is 0 Å². The minimum Gasteiger partial charge on any atom is -0.478 e. The SMILES string of the molecule is Cc1ccc(S(=O)(=O)N2c3ccc(C(=O)O)cc3C[C@H]2C)cc1. The molecule has 0 aliphatic carbocycles. The van der Waals surface area contributed by atoms with E-state index in [0.717, 1.165) is 11.1 Å². The molecule has 1 aliphatic rings. The summed E-state index contributed by atoms with van der Waals surface area (Å²) in [5, 5.41) is 9.08. The lowest BCUT2D eigenvalue weighted by Crippen LogP contribution is -2.35. The molecule has 1 N–H and O–H groups in total. The fourth-order valence-corrected chi connectivity index (χ4v) is 4.62. The van der Waals surface area contributed by atoms with Crippen molar-refractivity contribution in [3.63, 3.8) is 0 Å². The van der Waals surface area contributed by atoms with Gasteiger partial charge >= 0.3 is 5.97 Å². The summed E-state index contributed by atoms with van der Waals surface area (Å²) in [4.78, 5) is 11.3. The third-order valence-corrected chi connectivity index (χ3v) is 6.00. The minimum atomic E-state index is -3.67. The van der Waals surface area contributed by atoms with Crippen molar-refractivity contribution in [1.29, 1.82) is 0 Å². The molecule has 1 heterocycles. The number of aryl methyl sites for hydroxylation is 1. The van der Waals surface area contributed by atoms with E-state index in [4.69, 9.17) is 5.11 Å². The predicted molar refractivity (Wildman–Crippen MR) is 87.4 cm³/mol. The van der Waals surface area contributed by atoms with E-state index >= 15 is 0 Å². The fourth-order valence-electron chi connectivity index (χ4n) is 2.93. The summed E-state index contributed by atoms with van der Waals surface area (Å²) in [6, 6.07) is 11.1. The van der Waals surface area contributed by atoms with Crippen molar-refractivity contribution in [2.75, 3.05) is 4.31 Å². The molecule has 0 fully saturated rings. The van der Waals surface area contributed by atoms with Crippen molar-refractivity contribution < 1.29 is 18.3 Å². The molecule has 3 rings (SSSR count). The van der Waals surface area contributed by atoms with Crippen LogP contribution in [0.4, 0.5) is 5.69 Å². The van der Waals surface area contributed by atoms with Crippen LogP contribution in [0.1, 0.15) is 28.4 Å². The molecule has 2 aromatic rings. The van der Waals surface area contributed by atoms with Crippen molar-refractivity contribution in [3.8, 4) is 0 Å². The summed E-state index contributed by atoms with van der Waals surface area (Å²) < 4.78 is 27.3. The van der Waals surface area contributed by atoms with E-state index in [1.807, 2.05) is 13.8 Å². The Morgan fingerprint density at radius 1 is 1.17 bits per heavy atom. The Morgan fingerprint density at radius 2 is 1.83 bits per heavy atom. The number of benzene rings is 2. The van der Waals surface area contributed by atoms with Crippen LogP contribution in [0.25, 0.3) is 0 Å². The van der Waals surface area contributed by atoms with Gasteiger partial charge in [-0.1, -0.05) is 17.7 Å². The summed E-state index contributed by atoms with van der Waals surface area (Å²) in [6.45, 7) is 3.73. The molecule has 5 nitrogen and oxygen atoms in total. The average Bonchev–Trinajstić information content (AvgIpc) is 2.83. The van der Waals surface area contributed by atoms with Gasteiger partial charge < -0.3 is 5.11 Å². The first-order chi connectivity index (χ1) is 10.8. The highest BCUT2D eigenvalue weighted by atomic mass is 32.2.